The Labute approximate surface area is 134 Å². The zero-order chi connectivity index (χ0) is 16.4. The summed E-state index contributed by atoms with van der Waals surface area (Å²) in [4.78, 5) is 16.4. The van der Waals surface area contributed by atoms with Crippen molar-refractivity contribution in [2.75, 3.05) is 18.5 Å². The normalized spacial score (nSPS) is 17.4. The van der Waals surface area contributed by atoms with Gasteiger partial charge in [0.1, 0.15) is 0 Å². The van der Waals surface area contributed by atoms with E-state index in [1.54, 1.807) is 13.8 Å². The lowest BCUT2D eigenvalue weighted by Crippen LogP contribution is -2.37. The van der Waals surface area contributed by atoms with E-state index in [2.05, 4.69) is 10.3 Å². The van der Waals surface area contributed by atoms with E-state index in [1.165, 1.54) is 0 Å². The summed E-state index contributed by atoms with van der Waals surface area (Å²) in [6.07, 6.45) is 3.51. The number of sulfonamides is 1. The highest BCUT2D eigenvalue weighted by Crippen LogP contribution is 2.40. The summed E-state index contributed by atoms with van der Waals surface area (Å²) in [6.45, 7) is 4.13. The summed E-state index contributed by atoms with van der Waals surface area (Å²) >= 11 is 0.986. The van der Waals surface area contributed by atoms with Crippen LogP contribution >= 0.6 is 11.3 Å². The van der Waals surface area contributed by atoms with E-state index in [0.717, 1.165) is 37.0 Å². The summed E-state index contributed by atoms with van der Waals surface area (Å²) < 4.78 is 28.1. The fourth-order valence-electron chi connectivity index (χ4n) is 2.76. The van der Waals surface area contributed by atoms with E-state index in [9.17, 15) is 13.2 Å². The molecule has 1 aromatic rings. The predicted octanol–water partition coefficient (Wildman–Crippen LogP) is 1.63. The van der Waals surface area contributed by atoms with Crippen molar-refractivity contribution in [2.24, 2.45) is 10.6 Å². The largest absolute Gasteiger partial charge is 0.466 e. The van der Waals surface area contributed by atoms with Crippen LogP contribution in [0.2, 0.25) is 0 Å². The third-order valence-electron chi connectivity index (χ3n) is 3.86. The quantitative estimate of drug-likeness (QED) is 0.757. The average molecular weight is 347 g/mol. The Hall–Kier alpha value is -1.19. The zero-order valence-electron chi connectivity index (χ0n) is 12.7. The van der Waals surface area contributed by atoms with E-state index in [4.69, 9.17) is 9.88 Å². The number of nitrogens with two attached hydrogens (primary N) is 1. The number of aromatic nitrogens is 1. The second-order valence-corrected chi connectivity index (χ2v) is 8.25. The first kappa shape index (κ1) is 17.2. The molecule has 1 aromatic heterocycles. The number of rotatable bonds is 6. The van der Waals surface area contributed by atoms with Crippen LogP contribution in [0.1, 0.15) is 38.3 Å². The lowest BCUT2D eigenvalue weighted by molar-refractivity contribution is -0.154. The number of carbonyl (C=O) groups is 1. The molecular weight excluding hydrogens is 326 g/mol. The van der Waals surface area contributed by atoms with Gasteiger partial charge in [-0.05, 0) is 26.7 Å². The molecule has 1 heterocycles. The van der Waals surface area contributed by atoms with Crippen LogP contribution in [0.3, 0.4) is 0 Å². The first-order chi connectivity index (χ1) is 10.3. The van der Waals surface area contributed by atoms with Crippen LogP contribution in [0.4, 0.5) is 5.13 Å². The number of thiazole rings is 1. The highest BCUT2D eigenvalue weighted by molar-refractivity contribution is 7.91. The van der Waals surface area contributed by atoms with Gasteiger partial charge < -0.3 is 10.1 Å². The average Bonchev–Trinajstić information content (AvgIpc) is 3.03. The molecule has 0 spiro atoms. The first-order valence-electron chi connectivity index (χ1n) is 7.20. The number of nitrogens with zero attached hydrogens (tertiary/aromatic N) is 1. The van der Waals surface area contributed by atoms with Gasteiger partial charge in [-0.15, -0.1) is 0 Å². The summed E-state index contributed by atoms with van der Waals surface area (Å²) in [5, 5.41) is 8.69. The lowest BCUT2D eigenvalue weighted by Gasteiger charge is -2.26. The van der Waals surface area contributed by atoms with Crippen LogP contribution in [0, 0.1) is 12.3 Å². The topological polar surface area (TPSA) is 111 Å². The Balaban J connectivity index is 2.12. The molecule has 9 heteroatoms. The highest BCUT2D eigenvalue weighted by atomic mass is 32.2. The number of hydrogen-bond donors (Lipinski definition) is 2. The molecule has 0 bridgehead atoms. The monoisotopic (exact) mass is 347 g/mol. The summed E-state index contributed by atoms with van der Waals surface area (Å²) in [6, 6.07) is 0. The molecular formula is C13H21N3O4S2. The third-order valence-corrected chi connectivity index (χ3v) is 6.53. The number of esters is 1. The van der Waals surface area contributed by atoms with E-state index in [0.29, 0.717) is 24.0 Å². The fraction of sp³-hybridized carbons (Fsp3) is 0.692. The van der Waals surface area contributed by atoms with Gasteiger partial charge >= 0.3 is 5.97 Å². The van der Waals surface area contributed by atoms with Crippen molar-refractivity contribution in [1.29, 1.82) is 0 Å². The minimum absolute atomic E-state index is 0.0478. The maximum absolute atomic E-state index is 12.2. The molecule has 1 aliphatic carbocycles. The van der Waals surface area contributed by atoms with Gasteiger partial charge in [0, 0.05) is 6.54 Å². The number of hydrogen-bond acceptors (Lipinski definition) is 7. The smallest absolute Gasteiger partial charge is 0.313 e. The van der Waals surface area contributed by atoms with Crippen molar-refractivity contribution in [3.05, 3.63) is 5.69 Å². The van der Waals surface area contributed by atoms with Crippen molar-refractivity contribution in [3.8, 4) is 0 Å². The molecule has 0 aliphatic heterocycles. The molecule has 7 nitrogen and oxygen atoms in total. The highest BCUT2D eigenvalue weighted by Gasteiger charge is 2.42. The van der Waals surface area contributed by atoms with Gasteiger partial charge in [-0.3, -0.25) is 4.79 Å². The molecule has 0 aromatic carbocycles. The van der Waals surface area contributed by atoms with E-state index in [1.807, 2.05) is 0 Å². The summed E-state index contributed by atoms with van der Waals surface area (Å²) in [7, 11) is -3.77. The SMILES string of the molecule is CCOC(=O)C1(CNc2nc(C)c(S(N)(=O)=O)s2)CCCC1. The van der Waals surface area contributed by atoms with Gasteiger partial charge in [-0.1, -0.05) is 24.2 Å². The van der Waals surface area contributed by atoms with Crippen LogP contribution in [0.15, 0.2) is 4.21 Å². The minimum Gasteiger partial charge on any atom is -0.466 e. The van der Waals surface area contributed by atoms with Crippen LogP contribution < -0.4 is 10.5 Å². The van der Waals surface area contributed by atoms with Crippen LogP contribution in [0.5, 0.6) is 0 Å². The molecule has 1 aliphatic rings. The molecule has 0 saturated heterocycles. The molecule has 3 N–H and O–H groups in total. The number of carbonyl (C=O) groups excluding carboxylic acids is 1. The fourth-order valence-corrected chi connectivity index (χ4v) is 4.61. The molecule has 0 atom stereocenters. The Kier molecular flexibility index (Phi) is 5.08. The van der Waals surface area contributed by atoms with Gasteiger partial charge in [-0.2, -0.15) is 0 Å². The van der Waals surface area contributed by atoms with Crippen molar-refractivity contribution < 1.29 is 17.9 Å². The van der Waals surface area contributed by atoms with Crippen LogP contribution in [-0.4, -0.2) is 32.5 Å². The number of ether oxygens (including phenoxy) is 1. The van der Waals surface area contributed by atoms with Gasteiger partial charge in [-0.25, -0.2) is 18.5 Å². The molecule has 1 saturated carbocycles. The van der Waals surface area contributed by atoms with E-state index < -0.39 is 15.4 Å². The Morgan fingerprint density at radius 3 is 2.59 bits per heavy atom. The van der Waals surface area contributed by atoms with Crippen molar-refractivity contribution in [3.63, 3.8) is 0 Å². The van der Waals surface area contributed by atoms with Crippen molar-refractivity contribution in [2.45, 2.75) is 43.7 Å². The Bertz CT molecular complexity index is 648. The predicted molar refractivity (Wildman–Crippen MR) is 84.2 cm³/mol. The number of nitrogens with one attached hydrogen (secondary N) is 1. The van der Waals surface area contributed by atoms with Crippen molar-refractivity contribution >= 4 is 32.5 Å². The van der Waals surface area contributed by atoms with E-state index >= 15 is 0 Å². The Morgan fingerprint density at radius 2 is 2.09 bits per heavy atom. The van der Waals surface area contributed by atoms with Crippen LogP contribution in [0.25, 0.3) is 0 Å². The maximum Gasteiger partial charge on any atom is 0.313 e. The summed E-state index contributed by atoms with van der Waals surface area (Å²) in [5.41, 5.74) is -0.177. The third kappa shape index (κ3) is 3.58. The van der Waals surface area contributed by atoms with Gasteiger partial charge in [0.25, 0.3) is 0 Å². The molecule has 124 valence electrons. The van der Waals surface area contributed by atoms with E-state index in [-0.39, 0.29) is 10.2 Å². The molecule has 2 rings (SSSR count). The zero-order valence-corrected chi connectivity index (χ0v) is 14.3. The second-order valence-electron chi connectivity index (χ2n) is 5.50. The number of aryl methyl sites for hydroxylation is 1. The first-order valence-corrected chi connectivity index (χ1v) is 9.56. The van der Waals surface area contributed by atoms with Gasteiger partial charge in [0.2, 0.25) is 10.0 Å². The Morgan fingerprint density at radius 1 is 1.45 bits per heavy atom. The molecule has 0 radical (unpaired) electrons. The standard InChI is InChI=1S/C13H21N3O4S2/c1-3-20-11(17)13(6-4-5-7-13)8-15-12-16-9(2)10(21-12)22(14,18)19/h3-8H2,1-2H3,(H,15,16)(H2,14,18,19). The number of primary sulfonamides is 1. The van der Waals surface area contributed by atoms with Gasteiger partial charge in [0.05, 0.1) is 17.7 Å². The van der Waals surface area contributed by atoms with Gasteiger partial charge in [0.15, 0.2) is 9.34 Å². The maximum atomic E-state index is 12.2. The molecule has 22 heavy (non-hydrogen) atoms. The minimum atomic E-state index is -3.77. The molecule has 0 unspecified atom stereocenters. The molecule has 1 fully saturated rings. The summed E-state index contributed by atoms with van der Waals surface area (Å²) in [5.74, 6) is -0.194. The second kappa shape index (κ2) is 6.51. The number of anilines is 1. The lowest BCUT2D eigenvalue weighted by atomic mass is 9.86. The van der Waals surface area contributed by atoms with Crippen LogP contribution in [-0.2, 0) is 19.6 Å². The molecule has 0 amide bonds. The van der Waals surface area contributed by atoms with Crippen molar-refractivity contribution in [1.82, 2.24) is 4.98 Å².